The first-order valence-electron chi connectivity index (χ1n) is 8.02. The number of hydrogen-bond donors (Lipinski definition) is 2. The second kappa shape index (κ2) is 7.42. The van der Waals surface area contributed by atoms with Crippen LogP contribution in [-0.2, 0) is 0 Å². The van der Waals surface area contributed by atoms with Crippen molar-refractivity contribution in [1.82, 2.24) is 10.3 Å². The van der Waals surface area contributed by atoms with Crippen molar-refractivity contribution in [2.75, 3.05) is 12.3 Å². The van der Waals surface area contributed by atoms with E-state index in [0.29, 0.717) is 22.2 Å². The molecular formula is C18H21N3OS. The molecule has 120 valence electrons. The molecule has 0 saturated carbocycles. The maximum atomic E-state index is 12.5. The van der Waals surface area contributed by atoms with E-state index in [4.69, 9.17) is 5.73 Å². The first-order chi connectivity index (χ1) is 11.2. The predicted molar refractivity (Wildman–Crippen MR) is 95.5 cm³/mol. The van der Waals surface area contributed by atoms with E-state index in [-0.39, 0.29) is 5.91 Å². The van der Waals surface area contributed by atoms with Crippen LogP contribution >= 0.6 is 11.3 Å². The largest absolute Gasteiger partial charge is 0.375 e. The minimum absolute atomic E-state index is 0.0885. The Morgan fingerprint density at radius 2 is 2.09 bits per heavy atom. The Hall–Kier alpha value is -2.14. The number of nitrogen functional groups attached to an aromatic ring is 1. The van der Waals surface area contributed by atoms with Gasteiger partial charge in [-0.2, -0.15) is 0 Å². The van der Waals surface area contributed by atoms with E-state index in [1.807, 2.05) is 30.3 Å². The first kappa shape index (κ1) is 15.7. The van der Waals surface area contributed by atoms with Crippen molar-refractivity contribution in [3.05, 3.63) is 46.9 Å². The van der Waals surface area contributed by atoms with E-state index >= 15 is 0 Å². The number of nitrogens with two attached hydrogens (primary N) is 1. The van der Waals surface area contributed by atoms with Crippen LogP contribution in [-0.4, -0.2) is 17.4 Å². The topological polar surface area (TPSA) is 68.0 Å². The summed E-state index contributed by atoms with van der Waals surface area (Å²) in [4.78, 5) is 17.4. The number of carbonyl (C=O) groups excluding carboxylic acids is 1. The molecule has 3 N–H and O–H groups in total. The molecule has 5 heteroatoms. The lowest BCUT2D eigenvalue weighted by molar-refractivity contribution is 0.0958. The minimum atomic E-state index is -0.0885. The van der Waals surface area contributed by atoms with Crippen LogP contribution < -0.4 is 11.1 Å². The van der Waals surface area contributed by atoms with E-state index in [1.165, 1.54) is 42.6 Å². The Kier molecular flexibility index (Phi) is 5.08. The van der Waals surface area contributed by atoms with Gasteiger partial charge in [0.25, 0.3) is 5.91 Å². The van der Waals surface area contributed by atoms with E-state index in [0.717, 1.165) is 12.0 Å². The zero-order chi connectivity index (χ0) is 16.1. The fraction of sp³-hybridized carbons (Fsp3) is 0.333. The normalized spacial score (nSPS) is 14.3. The van der Waals surface area contributed by atoms with Crippen molar-refractivity contribution in [2.24, 2.45) is 0 Å². The molecule has 1 aliphatic carbocycles. The molecule has 0 fully saturated rings. The number of rotatable bonds is 5. The van der Waals surface area contributed by atoms with Crippen molar-refractivity contribution < 1.29 is 4.79 Å². The van der Waals surface area contributed by atoms with Crippen LogP contribution in [0.2, 0.25) is 0 Å². The smallest absolute Gasteiger partial charge is 0.263 e. The summed E-state index contributed by atoms with van der Waals surface area (Å²) in [5, 5.41) is 3.43. The lowest BCUT2D eigenvalue weighted by atomic mass is 9.97. The third kappa shape index (κ3) is 3.99. The number of carbonyl (C=O) groups is 1. The Balaban J connectivity index is 1.66. The summed E-state index contributed by atoms with van der Waals surface area (Å²) in [7, 11) is 0. The van der Waals surface area contributed by atoms with Gasteiger partial charge in [0.2, 0.25) is 0 Å². The summed E-state index contributed by atoms with van der Waals surface area (Å²) < 4.78 is 0. The molecule has 1 amide bonds. The van der Waals surface area contributed by atoms with Crippen molar-refractivity contribution >= 4 is 22.4 Å². The maximum absolute atomic E-state index is 12.5. The molecule has 0 saturated heterocycles. The summed E-state index contributed by atoms with van der Waals surface area (Å²) in [6.07, 6.45) is 8.14. The minimum Gasteiger partial charge on any atom is -0.375 e. The fourth-order valence-corrected chi connectivity index (χ4v) is 3.60. The van der Waals surface area contributed by atoms with Gasteiger partial charge in [-0.3, -0.25) is 4.79 Å². The van der Waals surface area contributed by atoms with Gasteiger partial charge in [-0.15, -0.1) is 0 Å². The van der Waals surface area contributed by atoms with Gasteiger partial charge >= 0.3 is 0 Å². The molecular weight excluding hydrogens is 306 g/mol. The second-order valence-electron chi connectivity index (χ2n) is 5.71. The van der Waals surface area contributed by atoms with Crippen molar-refractivity contribution in [1.29, 1.82) is 0 Å². The molecule has 1 heterocycles. The third-order valence-electron chi connectivity index (χ3n) is 4.01. The van der Waals surface area contributed by atoms with Crippen LogP contribution in [0.4, 0.5) is 5.13 Å². The monoisotopic (exact) mass is 327 g/mol. The predicted octanol–water partition coefficient (Wildman–Crippen LogP) is 4.01. The molecule has 0 aliphatic heterocycles. The van der Waals surface area contributed by atoms with Crippen molar-refractivity contribution in [3.8, 4) is 11.3 Å². The summed E-state index contributed by atoms with van der Waals surface area (Å²) in [5.41, 5.74) is 8.87. The van der Waals surface area contributed by atoms with Gasteiger partial charge in [0.05, 0.1) is 5.69 Å². The van der Waals surface area contributed by atoms with Crippen molar-refractivity contribution in [3.63, 3.8) is 0 Å². The molecule has 1 aromatic carbocycles. The number of hydrogen-bond acceptors (Lipinski definition) is 4. The standard InChI is InChI=1S/C18H21N3OS/c19-18-21-15(14-9-5-2-6-10-14)16(23-18)17(22)20-12-11-13-7-3-1-4-8-13/h2,5-7,9-10H,1,3-4,8,11-12H2,(H2,19,21)(H,20,22). The van der Waals surface area contributed by atoms with Crippen molar-refractivity contribution in [2.45, 2.75) is 32.1 Å². The zero-order valence-electron chi connectivity index (χ0n) is 13.0. The Morgan fingerprint density at radius 3 is 2.83 bits per heavy atom. The number of benzene rings is 1. The van der Waals surface area contributed by atoms with Crippen LogP contribution in [0.15, 0.2) is 42.0 Å². The third-order valence-corrected chi connectivity index (χ3v) is 4.90. The van der Waals surface area contributed by atoms with Gasteiger partial charge in [-0.25, -0.2) is 4.98 Å². The van der Waals surface area contributed by atoms with Crippen LogP contribution in [0.3, 0.4) is 0 Å². The molecule has 0 unspecified atom stereocenters. The van der Waals surface area contributed by atoms with E-state index in [1.54, 1.807) is 0 Å². The lowest BCUT2D eigenvalue weighted by Crippen LogP contribution is -2.24. The van der Waals surface area contributed by atoms with Gasteiger partial charge in [0.15, 0.2) is 5.13 Å². The first-order valence-corrected chi connectivity index (χ1v) is 8.83. The number of thiazole rings is 1. The maximum Gasteiger partial charge on any atom is 0.263 e. The highest BCUT2D eigenvalue weighted by atomic mass is 32.1. The van der Waals surface area contributed by atoms with E-state index in [9.17, 15) is 4.79 Å². The average Bonchev–Trinajstić information content (AvgIpc) is 2.98. The molecule has 4 nitrogen and oxygen atoms in total. The van der Waals surface area contributed by atoms with Gasteiger partial charge in [0, 0.05) is 12.1 Å². The molecule has 0 bridgehead atoms. The molecule has 0 atom stereocenters. The van der Waals surface area contributed by atoms with E-state index in [2.05, 4.69) is 16.4 Å². The quantitative estimate of drug-likeness (QED) is 0.815. The second-order valence-corrected chi connectivity index (χ2v) is 6.74. The highest BCUT2D eigenvalue weighted by molar-refractivity contribution is 7.17. The number of nitrogens with zero attached hydrogens (tertiary/aromatic N) is 1. The highest BCUT2D eigenvalue weighted by Gasteiger charge is 2.18. The number of nitrogens with one attached hydrogen (secondary N) is 1. The number of allylic oxidation sites excluding steroid dienone is 1. The average molecular weight is 327 g/mol. The van der Waals surface area contributed by atoms with Gasteiger partial charge < -0.3 is 11.1 Å². The van der Waals surface area contributed by atoms with Crippen LogP contribution in [0.1, 0.15) is 41.8 Å². The van der Waals surface area contributed by atoms with Crippen LogP contribution in [0, 0.1) is 0 Å². The van der Waals surface area contributed by atoms with Gasteiger partial charge in [0.1, 0.15) is 4.88 Å². The number of anilines is 1. The highest BCUT2D eigenvalue weighted by Crippen LogP contribution is 2.29. The zero-order valence-corrected chi connectivity index (χ0v) is 13.9. The Morgan fingerprint density at radius 1 is 1.26 bits per heavy atom. The molecule has 2 aromatic rings. The summed E-state index contributed by atoms with van der Waals surface area (Å²) in [6, 6.07) is 9.69. The Bertz CT molecular complexity index is 706. The lowest BCUT2D eigenvalue weighted by Gasteiger charge is -2.12. The van der Waals surface area contributed by atoms with E-state index < -0.39 is 0 Å². The van der Waals surface area contributed by atoms with Crippen LogP contribution in [0.25, 0.3) is 11.3 Å². The molecule has 0 radical (unpaired) electrons. The number of amides is 1. The van der Waals surface area contributed by atoms with Gasteiger partial charge in [-0.1, -0.05) is 53.3 Å². The SMILES string of the molecule is Nc1nc(-c2ccccc2)c(C(=O)NCCC2=CCCCC2)s1. The fourth-order valence-electron chi connectivity index (χ4n) is 2.83. The molecule has 3 rings (SSSR count). The molecule has 1 aliphatic rings. The van der Waals surface area contributed by atoms with Gasteiger partial charge in [-0.05, 0) is 32.1 Å². The molecule has 23 heavy (non-hydrogen) atoms. The van der Waals surface area contributed by atoms with Crippen LogP contribution in [0.5, 0.6) is 0 Å². The Labute approximate surface area is 140 Å². The summed E-state index contributed by atoms with van der Waals surface area (Å²) in [5.74, 6) is -0.0885. The summed E-state index contributed by atoms with van der Waals surface area (Å²) >= 11 is 1.24. The summed E-state index contributed by atoms with van der Waals surface area (Å²) in [6.45, 7) is 0.663. The number of aromatic nitrogens is 1. The molecule has 0 spiro atoms. The molecule has 1 aromatic heterocycles.